The highest BCUT2D eigenvalue weighted by Crippen LogP contribution is 2.20. The second-order valence-corrected chi connectivity index (χ2v) is 5.85. The standard InChI is InChI=1S/C12H14ClNO7S/c1-3-19-11(15)14(21-12(16)20-4-2)22(17,18)10-7-5-9(13)6-8-10/h5-8H,3-4H2,1-2H3. The molecule has 0 heterocycles. The number of benzene rings is 1. The zero-order valence-corrected chi connectivity index (χ0v) is 13.4. The molecule has 0 fully saturated rings. The van der Waals surface area contributed by atoms with E-state index in [1.54, 1.807) is 0 Å². The van der Waals surface area contributed by atoms with Crippen molar-refractivity contribution in [1.82, 2.24) is 4.47 Å². The highest BCUT2D eigenvalue weighted by atomic mass is 35.5. The normalized spacial score (nSPS) is 10.7. The molecule has 0 aliphatic rings. The molecule has 0 unspecified atom stereocenters. The van der Waals surface area contributed by atoms with Gasteiger partial charge < -0.3 is 9.47 Å². The first kappa shape index (κ1) is 18.1. The molecule has 1 rings (SSSR count). The van der Waals surface area contributed by atoms with Crippen molar-refractivity contribution in [2.45, 2.75) is 18.7 Å². The van der Waals surface area contributed by atoms with Gasteiger partial charge in [-0.15, -0.1) is 0 Å². The second kappa shape index (κ2) is 7.85. The SMILES string of the molecule is CCOC(=O)ON(C(=O)OCC)S(=O)(=O)c1ccc(Cl)cc1. The molecule has 0 bridgehead atoms. The van der Waals surface area contributed by atoms with E-state index in [1.165, 1.54) is 26.0 Å². The molecular weight excluding hydrogens is 338 g/mol. The quantitative estimate of drug-likeness (QED) is 0.607. The van der Waals surface area contributed by atoms with Crippen LogP contribution < -0.4 is 0 Å². The molecule has 1 aromatic carbocycles. The van der Waals surface area contributed by atoms with Gasteiger partial charge in [0, 0.05) is 5.02 Å². The Bertz CT molecular complexity index is 629. The van der Waals surface area contributed by atoms with E-state index in [-0.39, 0.29) is 22.6 Å². The largest absolute Gasteiger partial charge is 0.534 e. The second-order valence-electron chi connectivity index (χ2n) is 3.66. The van der Waals surface area contributed by atoms with Crippen molar-refractivity contribution in [3.8, 4) is 0 Å². The minimum absolute atomic E-state index is 0.0590. The van der Waals surface area contributed by atoms with Crippen molar-refractivity contribution in [1.29, 1.82) is 0 Å². The van der Waals surface area contributed by atoms with E-state index >= 15 is 0 Å². The molecule has 8 nitrogen and oxygen atoms in total. The zero-order chi connectivity index (χ0) is 16.8. The van der Waals surface area contributed by atoms with Gasteiger partial charge in [0.15, 0.2) is 0 Å². The van der Waals surface area contributed by atoms with Crippen molar-refractivity contribution < 1.29 is 32.3 Å². The minimum Gasteiger partial charge on any atom is -0.447 e. The average Bonchev–Trinajstić information content (AvgIpc) is 2.45. The Morgan fingerprint density at radius 1 is 1.09 bits per heavy atom. The molecule has 1 aromatic rings. The van der Waals surface area contributed by atoms with Crippen LogP contribution in [-0.4, -0.2) is 38.3 Å². The monoisotopic (exact) mass is 351 g/mol. The Morgan fingerprint density at radius 3 is 2.14 bits per heavy atom. The fourth-order valence-corrected chi connectivity index (χ4v) is 2.48. The van der Waals surface area contributed by atoms with Gasteiger partial charge in [-0.05, 0) is 42.6 Å². The third kappa shape index (κ3) is 4.50. The molecule has 22 heavy (non-hydrogen) atoms. The number of nitrogens with zero attached hydrogens (tertiary/aromatic N) is 1. The van der Waals surface area contributed by atoms with Gasteiger partial charge in [0.05, 0.1) is 18.1 Å². The van der Waals surface area contributed by atoms with Crippen molar-refractivity contribution >= 4 is 33.9 Å². The average molecular weight is 352 g/mol. The number of ether oxygens (including phenoxy) is 2. The molecule has 0 aromatic heterocycles. The lowest BCUT2D eigenvalue weighted by Crippen LogP contribution is -2.39. The van der Waals surface area contributed by atoms with Crippen LogP contribution in [0.25, 0.3) is 0 Å². The summed E-state index contributed by atoms with van der Waals surface area (Å²) in [5.74, 6) is 0. The van der Waals surface area contributed by atoms with Gasteiger partial charge in [0.25, 0.3) is 0 Å². The van der Waals surface area contributed by atoms with Crippen LogP contribution in [0.15, 0.2) is 29.2 Å². The first-order chi connectivity index (χ1) is 10.3. The van der Waals surface area contributed by atoms with Gasteiger partial charge in [-0.2, -0.15) is 8.42 Å². The summed E-state index contributed by atoms with van der Waals surface area (Å²) >= 11 is 5.67. The first-order valence-electron chi connectivity index (χ1n) is 6.15. The maximum Gasteiger partial charge on any atom is 0.534 e. The molecule has 0 aliphatic heterocycles. The van der Waals surface area contributed by atoms with Crippen molar-refractivity contribution in [2.24, 2.45) is 0 Å². The van der Waals surface area contributed by atoms with Gasteiger partial charge in [-0.1, -0.05) is 11.6 Å². The number of hydrogen-bond acceptors (Lipinski definition) is 7. The van der Waals surface area contributed by atoms with Crippen molar-refractivity contribution in [3.05, 3.63) is 29.3 Å². The lowest BCUT2D eigenvalue weighted by atomic mass is 10.4. The molecule has 0 spiro atoms. The number of carbonyl (C=O) groups excluding carboxylic acids is 2. The molecular formula is C12H14ClNO7S. The summed E-state index contributed by atoms with van der Waals surface area (Å²) in [6, 6.07) is 4.92. The van der Waals surface area contributed by atoms with Crippen LogP contribution in [0.1, 0.15) is 13.8 Å². The predicted molar refractivity (Wildman–Crippen MR) is 75.6 cm³/mol. The summed E-state index contributed by atoms with van der Waals surface area (Å²) in [6.45, 7) is 2.78. The summed E-state index contributed by atoms with van der Waals surface area (Å²) in [7, 11) is -4.48. The lowest BCUT2D eigenvalue weighted by molar-refractivity contribution is -0.0552. The summed E-state index contributed by atoms with van der Waals surface area (Å²) in [5.41, 5.74) is 0. The van der Waals surface area contributed by atoms with E-state index in [1.807, 2.05) is 0 Å². The van der Waals surface area contributed by atoms with Gasteiger partial charge >= 0.3 is 22.3 Å². The van der Waals surface area contributed by atoms with Crippen molar-refractivity contribution in [2.75, 3.05) is 13.2 Å². The maximum atomic E-state index is 12.3. The molecule has 1 amide bonds. The van der Waals surface area contributed by atoms with Crippen LogP contribution >= 0.6 is 11.6 Å². The molecule has 0 N–H and O–H groups in total. The molecule has 122 valence electrons. The van der Waals surface area contributed by atoms with Gasteiger partial charge in [0.1, 0.15) is 0 Å². The van der Waals surface area contributed by atoms with Crippen LogP contribution in [0.4, 0.5) is 9.59 Å². The Kier molecular flexibility index (Phi) is 6.44. The van der Waals surface area contributed by atoms with E-state index in [9.17, 15) is 18.0 Å². The fraction of sp³-hybridized carbons (Fsp3) is 0.333. The van der Waals surface area contributed by atoms with Gasteiger partial charge in [-0.25, -0.2) is 9.59 Å². The van der Waals surface area contributed by atoms with E-state index < -0.39 is 22.3 Å². The third-order valence-corrected chi connectivity index (χ3v) is 3.95. The van der Waals surface area contributed by atoms with Crippen molar-refractivity contribution in [3.63, 3.8) is 0 Å². The summed E-state index contributed by atoms with van der Waals surface area (Å²) in [5, 5.41) is 0.299. The Balaban J connectivity index is 3.15. The van der Waals surface area contributed by atoms with Crippen LogP contribution in [-0.2, 0) is 24.3 Å². The molecule has 0 aliphatic carbocycles. The highest BCUT2D eigenvalue weighted by Gasteiger charge is 2.35. The number of carbonyl (C=O) groups is 2. The smallest absolute Gasteiger partial charge is 0.447 e. The number of amides is 1. The zero-order valence-electron chi connectivity index (χ0n) is 11.8. The minimum atomic E-state index is -4.48. The molecule has 10 heteroatoms. The van der Waals surface area contributed by atoms with E-state index in [0.717, 1.165) is 12.1 Å². The van der Waals surface area contributed by atoms with Crippen LogP contribution in [0, 0.1) is 0 Å². The topological polar surface area (TPSA) is 99.2 Å². The molecule has 0 saturated heterocycles. The Morgan fingerprint density at radius 2 is 1.64 bits per heavy atom. The number of sulfonamides is 1. The highest BCUT2D eigenvalue weighted by molar-refractivity contribution is 7.89. The molecule has 0 atom stereocenters. The summed E-state index contributed by atoms with van der Waals surface area (Å²) in [6.07, 6.45) is -2.72. The molecule has 0 radical (unpaired) electrons. The van der Waals surface area contributed by atoms with Gasteiger partial charge in [0.2, 0.25) is 0 Å². The predicted octanol–water partition coefficient (Wildman–Crippen LogP) is 2.58. The van der Waals surface area contributed by atoms with E-state index in [2.05, 4.69) is 14.3 Å². The van der Waals surface area contributed by atoms with Crippen LogP contribution in [0.2, 0.25) is 5.02 Å². The first-order valence-corrected chi connectivity index (χ1v) is 7.97. The summed E-state index contributed by atoms with van der Waals surface area (Å²) in [4.78, 5) is 27.2. The van der Waals surface area contributed by atoms with Gasteiger partial charge in [-0.3, -0.25) is 4.84 Å². The van der Waals surface area contributed by atoms with E-state index in [4.69, 9.17) is 11.6 Å². The number of halogens is 1. The third-order valence-electron chi connectivity index (χ3n) is 2.17. The fourth-order valence-electron chi connectivity index (χ4n) is 1.27. The number of hydroxylamine groups is 1. The van der Waals surface area contributed by atoms with Crippen LogP contribution in [0.3, 0.4) is 0 Å². The van der Waals surface area contributed by atoms with E-state index in [0.29, 0.717) is 5.02 Å². The van der Waals surface area contributed by atoms with Crippen LogP contribution in [0.5, 0.6) is 0 Å². The maximum absolute atomic E-state index is 12.3. The summed E-state index contributed by atoms with van der Waals surface area (Å²) < 4.78 is 33.5. The Labute approximate surface area is 132 Å². The molecule has 0 saturated carbocycles. The lowest BCUT2D eigenvalue weighted by Gasteiger charge is -2.19. The number of rotatable bonds is 4. The Hall–Kier alpha value is -2.00. The number of hydrogen-bond donors (Lipinski definition) is 0.